The molecule has 2 aliphatic rings. The number of furan rings is 1. The number of fused-ring (bicyclic) bond motifs is 1. The van der Waals surface area contributed by atoms with Gasteiger partial charge in [-0.25, -0.2) is 8.78 Å². The van der Waals surface area contributed by atoms with Crippen molar-refractivity contribution >= 4 is 39.9 Å². The van der Waals surface area contributed by atoms with Crippen molar-refractivity contribution in [2.24, 2.45) is 0 Å². The molecule has 0 saturated carbocycles. The first-order valence-corrected chi connectivity index (χ1v) is 15.1. The molecule has 0 atom stereocenters. The van der Waals surface area contributed by atoms with Gasteiger partial charge in [0.15, 0.2) is 11.4 Å². The van der Waals surface area contributed by atoms with Gasteiger partial charge in [0.1, 0.15) is 17.3 Å². The van der Waals surface area contributed by atoms with E-state index in [1.807, 2.05) is 22.9 Å². The highest BCUT2D eigenvalue weighted by molar-refractivity contribution is 7.85. The van der Waals surface area contributed by atoms with Crippen molar-refractivity contribution in [2.45, 2.75) is 0 Å². The first-order valence-electron chi connectivity index (χ1n) is 13.7. The number of piperazine rings is 1. The molecule has 2 N–H and O–H groups in total. The average Bonchev–Trinajstić information content (AvgIpc) is 3.67. The Morgan fingerprint density at radius 1 is 1.07 bits per heavy atom. The van der Waals surface area contributed by atoms with E-state index in [9.17, 15) is 17.8 Å². The van der Waals surface area contributed by atoms with Crippen LogP contribution in [0.1, 0.15) is 10.4 Å². The second-order valence-electron chi connectivity index (χ2n) is 10.3. The minimum absolute atomic E-state index is 0.158. The van der Waals surface area contributed by atoms with Crippen molar-refractivity contribution in [1.29, 1.82) is 0 Å². The van der Waals surface area contributed by atoms with Crippen LogP contribution >= 0.6 is 0 Å². The second-order valence-corrected chi connectivity index (χ2v) is 12.0. The maximum atomic E-state index is 14.8. The first-order chi connectivity index (χ1) is 20.3. The molecule has 6 rings (SSSR count). The van der Waals surface area contributed by atoms with Gasteiger partial charge in [-0.3, -0.25) is 13.9 Å². The van der Waals surface area contributed by atoms with Crippen molar-refractivity contribution in [2.75, 3.05) is 86.4 Å². The quantitative estimate of drug-likeness (QED) is 0.335. The minimum Gasteiger partial charge on any atom is -0.463 e. The molecule has 4 aromatic rings. The normalized spacial score (nSPS) is 16.8. The van der Waals surface area contributed by atoms with Crippen LogP contribution in [0.25, 0.3) is 17.1 Å². The van der Waals surface area contributed by atoms with E-state index in [1.165, 1.54) is 15.5 Å². The Kier molecular flexibility index (Phi) is 7.77. The van der Waals surface area contributed by atoms with Crippen LogP contribution in [0, 0.1) is 11.6 Å². The van der Waals surface area contributed by atoms with Crippen molar-refractivity contribution in [3.63, 3.8) is 0 Å². The maximum absolute atomic E-state index is 14.8. The van der Waals surface area contributed by atoms with Gasteiger partial charge in [-0.2, -0.15) is 19.6 Å². The highest BCUT2D eigenvalue weighted by Crippen LogP contribution is 2.26. The Hall–Kier alpha value is -4.11. The molecule has 3 aromatic heterocycles. The molecule has 0 bridgehead atoms. The third kappa shape index (κ3) is 5.66. The van der Waals surface area contributed by atoms with E-state index < -0.39 is 28.3 Å². The van der Waals surface area contributed by atoms with Crippen LogP contribution in [-0.2, 0) is 10.8 Å². The van der Waals surface area contributed by atoms with E-state index in [0.717, 1.165) is 6.07 Å². The van der Waals surface area contributed by atoms with Crippen molar-refractivity contribution in [3.05, 3.63) is 53.8 Å². The minimum atomic E-state index is -0.965. The molecule has 2 aliphatic heterocycles. The molecule has 0 radical (unpaired) electrons. The lowest BCUT2D eigenvalue weighted by atomic mass is 10.1. The molecule has 0 spiro atoms. The number of anilines is 3. The molecule has 0 unspecified atom stereocenters. The van der Waals surface area contributed by atoms with Gasteiger partial charge in [-0.1, -0.05) is 0 Å². The monoisotopic (exact) mass is 599 g/mol. The third-order valence-corrected chi connectivity index (χ3v) is 8.92. The Labute approximate surface area is 243 Å². The number of nitrogens with zero attached hydrogens (tertiary/aromatic N) is 8. The Morgan fingerprint density at radius 2 is 1.83 bits per heavy atom. The Bertz CT molecular complexity index is 1610. The number of likely N-dealkylation sites (N-methyl/N-ethyl adjacent to an activating group) is 1. The van der Waals surface area contributed by atoms with E-state index >= 15 is 0 Å². The largest absolute Gasteiger partial charge is 0.463 e. The van der Waals surface area contributed by atoms with Crippen LogP contribution in [0.15, 0.2) is 41.0 Å². The first kappa shape index (κ1) is 28.0. The molecule has 1 aromatic carbocycles. The van der Waals surface area contributed by atoms with E-state index in [4.69, 9.17) is 10.2 Å². The molecule has 1 amide bonds. The average molecular weight is 600 g/mol. The zero-order valence-corrected chi connectivity index (χ0v) is 23.9. The van der Waals surface area contributed by atoms with E-state index in [1.54, 1.807) is 18.4 Å². The summed E-state index contributed by atoms with van der Waals surface area (Å²) in [6.07, 6.45) is 1.57. The lowest BCUT2D eigenvalue weighted by Crippen LogP contribution is -2.48. The van der Waals surface area contributed by atoms with E-state index in [-0.39, 0.29) is 17.2 Å². The smallest absolute Gasteiger partial charge is 0.256 e. The van der Waals surface area contributed by atoms with Crippen LogP contribution in [0.4, 0.5) is 26.4 Å². The molecule has 2 saturated heterocycles. The van der Waals surface area contributed by atoms with Gasteiger partial charge < -0.3 is 24.9 Å². The summed E-state index contributed by atoms with van der Waals surface area (Å²) in [4.78, 5) is 29.4. The molecule has 2 fully saturated rings. The number of carbonyl (C=O) groups excluding carboxylic acids is 1. The Balaban J connectivity index is 1.06. The molecule has 42 heavy (non-hydrogen) atoms. The maximum Gasteiger partial charge on any atom is 0.256 e. The number of aromatic nitrogens is 4. The van der Waals surface area contributed by atoms with Crippen molar-refractivity contribution < 1.29 is 22.2 Å². The predicted octanol–water partition coefficient (Wildman–Crippen LogP) is 1.71. The lowest BCUT2D eigenvalue weighted by Gasteiger charge is -2.37. The summed E-state index contributed by atoms with van der Waals surface area (Å²) in [5.74, 6) is -0.0651. The van der Waals surface area contributed by atoms with Gasteiger partial charge in [-0.15, -0.1) is 0 Å². The SMILES string of the molecule is CN(CCN1CCN(c2cc(C(=O)N3CCS(=O)CC3)c(F)cc2F)CC1)c1nc(N)n2nc(-c3ccco3)cc2n1. The van der Waals surface area contributed by atoms with E-state index in [0.29, 0.717) is 86.9 Å². The van der Waals surface area contributed by atoms with E-state index in [2.05, 4.69) is 20.0 Å². The number of benzene rings is 1. The summed E-state index contributed by atoms with van der Waals surface area (Å²) >= 11 is 0. The second kappa shape index (κ2) is 11.6. The lowest BCUT2D eigenvalue weighted by molar-refractivity contribution is 0.0766. The zero-order valence-electron chi connectivity index (χ0n) is 23.1. The summed E-state index contributed by atoms with van der Waals surface area (Å²) in [6, 6.07) is 7.47. The van der Waals surface area contributed by atoms with Crippen molar-refractivity contribution in [3.8, 4) is 11.5 Å². The molecule has 5 heterocycles. The fourth-order valence-corrected chi connectivity index (χ4v) is 6.22. The number of rotatable bonds is 7. The number of hydrogen-bond donors (Lipinski definition) is 1. The number of nitrogen functional groups attached to an aromatic ring is 1. The fourth-order valence-electron chi connectivity index (χ4n) is 5.17. The summed E-state index contributed by atoms with van der Waals surface area (Å²) in [7, 11) is 0.922. The standard InChI is InChI=1S/C27H31F2N9O3S/c1-34(27-31-24-17-21(23-3-2-12-41-23)33-38(24)26(30)32-27)4-5-35-6-8-36(9-7-35)22-15-18(19(28)16-20(22)29)25(39)37-10-13-42(40)14-11-37/h2-3,12,15-17H,4-11,13-14H2,1H3,(H2,30,31,32). The van der Waals surface area contributed by atoms with Crippen LogP contribution in [-0.4, -0.2) is 110 Å². The number of nitrogens with two attached hydrogens (primary N) is 1. The van der Waals surface area contributed by atoms with Crippen LogP contribution < -0.4 is 15.5 Å². The van der Waals surface area contributed by atoms with Gasteiger partial charge in [0.05, 0.1) is 17.5 Å². The molecular formula is C27H31F2N9O3S. The number of halogens is 2. The van der Waals surface area contributed by atoms with Crippen molar-refractivity contribution in [1.82, 2.24) is 29.4 Å². The molecule has 15 heteroatoms. The molecule has 12 nitrogen and oxygen atoms in total. The number of carbonyl (C=O) groups is 1. The van der Waals surface area contributed by atoms with Crippen LogP contribution in [0.3, 0.4) is 0 Å². The summed E-state index contributed by atoms with van der Waals surface area (Å²) in [5.41, 5.74) is 7.37. The Morgan fingerprint density at radius 3 is 2.55 bits per heavy atom. The van der Waals surface area contributed by atoms with Crippen LogP contribution in [0.5, 0.6) is 0 Å². The molecule has 0 aliphatic carbocycles. The van der Waals surface area contributed by atoms with Crippen LogP contribution in [0.2, 0.25) is 0 Å². The third-order valence-electron chi connectivity index (χ3n) is 7.65. The highest BCUT2D eigenvalue weighted by Gasteiger charge is 2.27. The topological polar surface area (TPSA) is 129 Å². The molecule has 222 valence electrons. The zero-order chi connectivity index (χ0) is 29.4. The van der Waals surface area contributed by atoms with Gasteiger partial charge in [0, 0.05) is 93.8 Å². The summed E-state index contributed by atoms with van der Waals surface area (Å²) in [5, 5.41) is 4.42. The van der Waals surface area contributed by atoms with Gasteiger partial charge in [-0.05, 0) is 18.2 Å². The summed E-state index contributed by atoms with van der Waals surface area (Å²) < 4.78 is 48.0. The number of hydrogen-bond acceptors (Lipinski definition) is 10. The van der Waals surface area contributed by atoms with Gasteiger partial charge in [0.2, 0.25) is 11.9 Å². The van der Waals surface area contributed by atoms with Gasteiger partial charge in [0.25, 0.3) is 5.91 Å². The predicted molar refractivity (Wildman–Crippen MR) is 155 cm³/mol. The summed E-state index contributed by atoms with van der Waals surface area (Å²) in [6.45, 7) is 4.27. The molecular weight excluding hydrogens is 568 g/mol. The highest BCUT2D eigenvalue weighted by atomic mass is 32.2. The van der Waals surface area contributed by atoms with Gasteiger partial charge >= 0.3 is 0 Å². The number of amides is 1. The fraction of sp³-hybridized carbons (Fsp3) is 0.407.